The fourth-order valence-corrected chi connectivity index (χ4v) is 1.46. The first-order valence-corrected chi connectivity index (χ1v) is 6.01. The van der Waals surface area contributed by atoms with E-state index in [1.54, 1.807) is 7.11 Å². The number of benzene rings is 1. The van der Waals surface area contributed by atoms with Gasteiger partial charge in [-0.15, -0.1) is 6.42 Å². The molecule has 1 rings (SSSR count). The number of anilines is 1. The zero-order chi connectivity index (χ0) is 14.8. The minimum atomic E-state index is -0.280. The first-order valence-electron chi connectivity index (χ1n) is 6.01. The Morgan fingerprint density at radius 3 is 2.95 bits per heavy atom. The molecule has 0 heterocycles. The summed E-state index contributed by atoms with van der Waals surface area (Å²) in [6, 6.07) is 7.54. The molecule has 0 spiro atoms. The Balaban J connectivity index is 2.59. The van der Waals surface area contributed by atoms with Crippen molar-refractivity contribution in [2.75, 3.05) is 25.5 Å². The molecule has 0 aromatic heterocycles. The number of carbonyl (C=O) groups is 1. The van der Waals surface area contributed by atoms with Crippen LogP contribution in [0.4, 0.5) is 5.69 Å². The lowest BCUT2D eigenvalue weighted by molar-refractivity contribution is -0.119. The highest BCUT2D eigenvalue weighted by atomic mass is 16.5. The molecule has 4 N–H and O–H groups in total. The van der Waals surface area contributed by atoms with Crippen molar-refractivity contribution in [1.29, 1.82) is 0 Å². The minimum Gasteiger partial charge on any atom is -0.380 e. The second-order valence-corrected chi connectivity index (χ2v) is 3.90. The van der Waals surface area contributed by atoms with Crippen LogP contribution < -0.4 is 16.4 Å². The molecular formula is C14H18N4O2. The van der Waals surface area contributed by atoms with Gasteiger partial charge in [0.2, 0.25) is 5.91 Å². The van der Waals surface area contributed by atoms with E-state index in [4.69, 9.17) is 16.9 Å². The van der Waals surface area contributed by atoms with Crippen LogP contribution in [0.2, 0.25) is 0 Å². The summed E-state index contributed by atoms with van der Waals surface area (Å²) in [5, 5.41) is 5.43. The van der Waals surface area contributed by atoms with Gasteiger partial charge in [0.25, 0.3) is 0 Å². The van der Waals surface area contributed by atoms with Crippen LogP contribution >= 0.6 is 0 Å². The molecule has 0 bridgehead atoms. The van der Waals surface area contributed by atoms with Crippen LogP contribution in [0, 0.1) is 12.3 Å². The number of nitrogens with two attached hydrogens (primary N) is 1. The number of terminal acetylenes is 1. The monoisotopic (exact) mass is 274 g/mol. The maximum atomic E-state index is 11.3. The van der Waals surface area contributed by atoms with Gasteiger partial charge in [-0.1, -0.05) is 24.1 Å². The van der Waals surface area contributed by atoms with E-state index < -0.39 is 0 Å². The van der Waals surface area contributed by atoms with Gasteiger partial charge < -0.3 is 21.1 Å². The van der Waals surface area contributed by atoms with Crippen molar-refractivity contribution in [1.82, 2.24) is 5.32 Å². The molecule has 6 nitrogen and oxygen atoms in total. The molecule has 0 aliphatic carbocycles. The van der Waals surface area contributed by atoms with Gasteiger partial charge in [-0.3, -0.25) is 4.79 Å². The molecule has 0 atom stereocenters. The number of para-hydroxylation sites is 1. The fraction of sp³-hybridized carbons (Fsp3) is 0.286. The zero-order valence-electron chi connectivity index (χ0n) is 11.3. The average Bonchev–Trinajstić information content (AvgIpc) is 2.45. The second-order valence-electron chi connectivity index (χ2n) is 3.90. The Bertz CT molecular complexity index is 520. The highest BCUT2D eigenvalue weighted by Crippen LogP contribution is 2.15. The summed E-state index contributed by atoms with van der Waals surface area (Å²) in [4.78, 5) is 15.2. The first-order chi connectivity index (χ1) is 9.67. The number of methoxy groups -OCH3 is 1. The number of rotatable bonds is 6. The summed E-state index contributed by atoms with van der Waals surface area (Å²) in [7, 11) is 1.62. The molecule has 0 fully saturated rings. The van der Waals surface area contributed by atoms with Crippen LogP contribution in [0.15, 0.2) is 29.3 Å². The normalized spacial score (nSPS) is 10.7. The number of amides is 1. The van der Waals surface area contributed by atoms with Crippen LogP contribution in [0.3, 0.4) is 0 Å². The maximum absolute atomic E-state index is 11.3. The van der Waals surface area contributed by atoms with E-state index in [2.05, 4.69) is 21.5 Å². The van der Waals surface area contributed by atoms with Crippen molar-refractivity contribution in [3.8, 4) is 12.3 Å². The molecule has 1 aromatic rings. The Morgan fingerprint density at radius 1 is 1.50 bits per heavy atom. The predicted octanol–water partition coefficient (Wildman–Crippen LogP) is 0.309. The maximum Gasteiger partial charge on any atom is 0.242 e. The van der Waals surface area contributed by atoms with Crippen molar-refractivity contribution in [3.63, 3.8) is 0 Å². The van der Waals surface area contributed by atoms with E-state index in [0.29, 0.717) is 6.61 Å². The van der Waals surface area contributed by atoms with Gasteiger partial charge >= 0.3 is 0 Å². The summed E-state index contributed by atoms with van der Waals surface area (Å²) in [6.45, 7) is 0.560. The van der Waals surface area contributed by atoms with Crippen molar-refractivity contribution in [2.45, 2.75) is 6.61 Å². The lowest BCUT2D eigenvalue weighted by Crippen LogP contribution is -2.29. The lowest BCUT2D eigenvalue weighted by atomic mass is 10.2. The quantitative estimate of drug-likeness (QED) is 0.396. The summed E-state index contributed by atoms with van der Waals surface area (Å²) in [5.41, 5.74) is 7.47. The summed E-state index contributed by atoms with van der Waals surface area (Å²) < 4.78 is 5.09. The highest BCUT2D eigenvalue weighted by Gasteiger charge is 2.03. The molecule has 20 heavy (non-hydrogen) atoms. The van der Waals surface area contributed by atoms with E-state index >= 15 is 0 Å². The van der Waals surface area contributed by atoms with Crippen LogP contribution in [-0.4, -0.2) is 32.1 Å². The van der Waals surface area contributed by atoms with Crippen molar-refractivity contribution in [3.05, 3.63) is 29.8 Å². The molecule has 0 saturated carbocycles. The van der Waals surface area contributed by atoms with Gasteiger partial charge in [-0.25, -0.2) is 4.99 Å². The summed E-state index contributed by atoms with van der Waals surface area (Å²) in [5.74, 6) is 2.18. The van der Waals surface area contributed by atoms with E-state index in [9.17, 15) is 4.79 Å². The van der Waals surface area contributed by atoms with Gasteiger partial charge in [-0.05, 0) is 6.07 Å². The second kappa shape index (κ2) is 8.56. The topological polar surface area (TPSA) is 88.7 Å². The first kappa shape index (κ1) is 15.5. The predicted molar refractivity (Wildman–Crippen MR) is 79.1 cm³/mol. The van der Waals surface area contributed by atoms with Gasteiger partial charge in [-0.2, -0.15) is 0 Å². The third-order valence-corrected chi connectivity index (χ3v) is 2.36. The molecule has 0 unspecified atom stereocenters. The van der Waals surface area contributed by atoms with Crippen LogP contribution in [0.1, 0.15) is 5.56 Å². The van der Waals surface area contributed by atoms with E-state index in [1.807, 2.05) is 24.3 Å². The third kappa shape index (κ3) is 5.42. The average molecular weight is 274 g/mol. The Kier molecular flexibility index (Phi) is 6.65. The van der Waals surface area contributed by atoms with Crippen molar-refractivity contribution < 1.29 is 9.53 Å². The Morgan fingerprint density at radius 2 is 2.25 bits per heavy atom. The molecule has 0 aliphatic rings. The molecule has 0 aliphatic heterocycles. The van der Waals surface area contributed by atoms with Crippen LogP contribution in [0.5, 0.6) is 0 Å². The standard InChI is InChI=1S/C14H18N4O2/c1-3-8-16-13(19)9-17-14(15)18-12-7-5-4-6-11(12)10-20-2/h1,4-7H,8-10H2,2H3,(H,16,19)(H3,15,17,18). The molecule has 1 aromatic carbocycles. The van der Waals surface area contributed by atoms with Crippen molar-refractivity contribution in [2.24, 2.45) is 10.7 Å². The Labute approximate surface area is 118 Å². The molecule has 1 amide bonds. The minimum absolute atomic E-state index is 0.0764. The number of nitrogens with zero attached hydrogens (tertiary/aromatic N) is 1. The molecular weight excluding hydrogens is 256 g/mol. The number of hydrogen-bond acceptors (Lipinski definition) is 3. The third-order valence-electron chi connectivity index (χ3n) is 2.36. The van der Waals surface area contributed by atoms with Gasteiger partial charge in [0.05, 0.1) is 13.2 Å². The summed E-state index contributed by atoms with van der Waals surface area (Å²) in [6.07, 6.45) is 5.03. The molecule has 0 radical (unpaired) electrons. The van der Waals surface area contributed by atoms with E-state index in [-0.39, 0.29) is 25.0 Å². The highest BCUT2D eigenvalue weighted by molar-refractivity contribution is 5.94. The molecule has 0 saturated heterocycles. The fourth-order valence-electron chi connectivity index (χ4n) is 1.46. The largest absolute Gasteiger partial charge is 0.380 e. The number of nitrogens with one attached hydrogen (secondary N) is 2. The van der Waals surface area contributed by atoms with Gasteiger partial charge in [0.15, 0.2) is 5.96 Å². The van der Waals surface area contributed by atoms with Crippen LogP contribution in [0.25, 0.3) is 0 Å². The van der Waals surface area contributed by atoms with Crippen LogP contribution in [-0.2, 0) is 16.1 Å². The number of hydrogen-bond donors (Lipinski definition) is 3. The molecule has 6 heteroatoms. The van der Waals surface area contributed by atoms with E-state index in [0.717, 1.165) is 11.3 Å². The number of carbonyl (C=O) groups excluding carboxylic acids is 1. The van der Waals surface area contributed by atoms with Gasteiger partial charge in [0, 0.05) is 18.4 Å². The summed E-state index contributed by atoms with van der Waals surface area (Å²) >= 11 is 0. The number of guanidine groups is 1. The van der Waals surface area contributed by atoms with Gasteiger partial charge in [0.1, 0.15) is 6.54 Å². The number of ether oxygens (including phenoxy) is 1. The smallest absolute Gasteiger partial charge is 0.242 e. The number of aliphatic imine (C=N–C) groups is 1. The lowest BCUT2D eigenvalue weighted by Gasteiger charge is -2.10. The SMILES string of the molecule is C#CCNC(=O)CN=C(N)Nc1ccccc1COC. The molecule has 106 valence electrons. The zero-order valence-corrected chi connectivity index (χ0v) is 11.3. The van der Waals surface area contributed by atoms with Crippen molar-refractivity contribution >= 4 is 17.6 Å². The van der Waals surface area contributed by atoms with E-state index in [1.165, 1.54) is 0 Å². The Hall–Kier alpha value is -2.52.